The highest BCUT2D eigenvalue weighted by molar-refractivity contribution is 7.92. The van der Waals surface area contributed by atoms with Gasteiger partial charge in [-0.3, -0.25) is 4.72 Å². The lowest BCUT2D eigenvalue weighted by molar-refractivity contribution is 0.342. The fraction of sp³-hybridized carbons (Fsp3) is 0.143. The molecule has 5 heteroatoms. The molecule has 0 fully saturated rings. The summed E-state index contributed by atoms with van der Waals surface area (Å²) in [6.07, 6.45) is 0. The van der Waals surface area contributed by atoms with Gasteiger partial charge in [-0.1, -0.05) is 30.3 Å². The number of hydrogen-bond acceptors (Lipinski definition) is 3. The van der Waals surface area contributed by atoms with Gasteiger partial charge in [-0.05, 0) is 31.2 Å². The van der Waals surface area contributed by atoms with E-state index in [1.807, 2.05) is 6.92 Å². The molecule has 0 amide bonds. The molecule has 2 aromatic rings. The number of rotatable bonds is 5. The molecule has 0 aromatic heterocycles. The normalized spacial score (nSPS) is 11.0. The van der Waals surface area contributed by atoms with Crippen molar-refractivity contribution in [1.82, 2.24) is 0 Å². The number of hydrogen-bond donors (Lipinski definition) is 1. The molecule has 0 aliphatic rings. The van der Waals surface area contributed by atoms with Crippen LogP contribution in [-0.4, -0.2) is 15.0 Å². The predicted molar refractivity (Wildman–Crippen MR) is 74.9 cm³/mol. The molecule has 0 saturated heterocycles. The van der Waals surface area contributed by atoms with E-state index in [2.05, 4.69) is 4.72 Å². The van der Waals surface area contributed by atoms with Crippen LogP contribution in [-0.2, 0) is 10.0 Å². The fourth-order valence-corrected chi connectivity index (χ4v) is 2.73. The minimum absolute atomic E-state index is 0.223. The SMILES string of the molecule is CCOc1ccccc1NS(=O)(=O)c1ccccc1. The molecule has 0 aliphatic carbocycles. The van der Waals surface area contributed by atoms with Gasteiger partial charge in [-0.2, -0.15) is 0 Å². The lowest BCUT2D eigenvalue weighted by Gasteiger charge is -2.12. The van der Waals surface area contributed by atoms with Crippen LogP contribution in [0.5, 0.6) is 5.75 Å². The first-order valence-corrected chi connectivity index (χ1v) is 7.41. The number of ether oxygens (including phenoxy) is 1. The van der Waals surface area contributed by atoms with Crippen LogP contribution in [0.1, 0.15) is 6.92 Å². The summed E-state index contributed by atoms with van der Waals surface area (Å²) in [4.78, 5) is 0.223. The van der Waals surface area contributed by atoms with Gasteiger partial charge in [-0.25, -0.2) is 8.42 Å². The van der Waals surface area contributed by atoms with Crippen LogP contribution in [0.15, 0.2) is 59.5 Å². The van der Waals surface area contributed by atoms with E-state index in [1.54, 1.807) is 54.6 Å². The third-order valence-electron chi connectivity index (χ3n) is 2.48. The van der Waals surface area contributed by atoms with Crippen LogP contribution in [0, 0.1) is 0 Å². The molecule has 100 valence electrons. The number of nitrogens with one attached hydrogen (secondary N) is 1. The van der Waals surface area contributed by atoms with E-state index < -0.39 is 10.0 Å². The maximum Gasteiger partial charge on any atom is 0.262 e. The molecular formula is C14H15NO3S. The number of anilines is 1. The van der Waals surface area contributed by atoms with E-state index in [0.29, 0.717) is 18.0 Å². The zero-order valence-electron chi connectivity index (χ0n) is 10.5. The topological polar surface area (TPSA) is 55.4 Å². The van der Waals surface area contributed by atoms with Crippen LogP contribution < -0.4 is 9.46 Å². The van der Waals surface area contributed by atoms with Gasteiger partial charge >= 0.3 is 0 Å². The molecule has 0 aliphatic heterocycles. The quantitative estimate of drug-likeness (QED) is 0.914. The first kappa shape index (κ1) is 13.4. The molecular weight excluding hydrogens is 262 g/mol. The van der Waals surface area contributed by atoms with Gasteiger partial charge in [0.2, 0.25) is 0 Å². The minimum Gasteiger partial charge on any atom is -0.492 e. The number of benzene rings is 2. The van der Waals surface area contributed by atoms with Gasteiger partial charge in [0.05, 0.1) is 17.2 Å². The molecule has 4 nitrogen and oxygen atoms in total. The third kappa shape index (κ3) is 3.26. The van der Waals surface area contributed by atoms with Crippen LogP contribution in [0.4, 0.5) is 5.69 Å². The summed E-state index contributed by atoms with van der Waals surface area (Å²) in [6.45, 7) is 2.33. The largest absolute Gasteiger partial charge is 0.492 e. The van der Waals surface area contributed by atoms with E-state index in [0.717, 1.165) is 0 Å². The summed E-state index contributed by atoms with van der Waals surface area (Å²) in [6, 6.07) is 15.2. The van der Waals surface area contributed by atoms with Crippen molar-refractivity contribution in [2.75, 3.05) is 11.3 Å². The van der Waals surface area contributed by atoms with Crippen molar-refractivity contribution >= 4 is 15.7 Å². The Morgan fingerprint density at radius 3 is 2.32 bits per heavy atom. The first-order chi connectivity index (χ1) is 9.13. The Morgan fingerprint density at radius 1 is 1.00 bits per heavy atom. The molecule has 0 spiro atoms. The molecule has 0 atom stereocenters. The van der Waals surface area contributed by atoms with Crippen molar-refractivity contribution in [2.45, 2.75) is 11.8 Å². The number of sulfonamides is 1. The predicted octanol–water partition coefficient (Wildman–Crippen LogP) is 2.89. The number of para-hydroxylation sites is 2. The Bertz CT molecular complexity index is 639. The van der Waals surface area contributed by atoms with Gasteiger partial charge in [0, 0.05) is 0 Å². The molecule has 0 saturated carbocycles. The average Bonchev–Trinajstić information content (AvgIpc) is 2.42. The lowest BCUT2D eigenvalue weighted by atomic mass is 10.3. The second kappa shape index (κ2) is 5.75. The summed E-state index contributed by atoms with van der Waals surface area (Å²) in [5.74, 6) is 0.518. The Labute approximate surface area is 113 Å². The molecule has 0 radical (unpaired) electrons. The summed E-state index contributed by atoms with van der Waals surface area (Å²) >= 11 is 0. The highest BCUT2D eigenvalue weighted by Crippen LogP contribution is 2.26. The molecule has 0 unspecified atom stereocenters. The first-order valence-electron chi connectivity index (χ1n) is 5.93. The second-order valence-electron chi connectivity index (χ2n) is 3.85. The van der Waals surface area contributed by atoms with Crippen LogP contribution in [0.25, 0.3) is 0 Å². The van der Waals surface area contributed by atoms with Gasteiger partial charge in [-0.15, -0.1) is 0 Å². The lowest BCUT2D eigenvalue weighted by Crippen LogP contribution is -2.13. The van der Waals surface area contributed by atoms with E-state index in [1.165, 1.54) is 0 Å². The van der Waals surface area contributed by atoms with E-state index in [-0.39, 0.29) is 4.90 Å². The molecule has 1 N–H and O–H groups in total. The third-order valence-corrected chi connectivity index (χ3v) is 3.87. The maximum atomic E-state index is 12.2. The highest BCUT2D eigenvalue weighted by Gasteiger charge is 2.15. The summed E-state index contributed by atoms with van der Waals surface area (Å²) in [5.41, 5.74) is 0.438. The van der Waals surface area contributed by atoms with E-state index in [9.17, 15) is 8.42 Å². The van der Waals surface area contributed by atoms with Gasteiger partial charge < -0.3 is 4.74 Å². The zero-order valence-corrected chi connectivity index (χ0v) is 11.4. The van der Waals surface area contributed by atoms with Crippen LogP contribution in [0.3, 0.4) is 0 Å². The molecule has 0 bridgehead atoms. The summed E-state index contributed by atoms with van der Waals surface area (Å²) in [5, 5.41) is 0. The van der Waals surface area contributed by atoms with E-state index in [4.69, 9.17) is 4.74 Å². The highest BCUT2D eigenvalue weighted by atomic mass is 32.2. The summed E-state index contributed by atoms with van der Waals surface area (Å²) < 4.78 is 32.3. The Hall–Kier alpha value is -2.01. The Kier molecular flexibility index (Phi) is 4.06. The Balaban J connectivity index is 2.31. The average molecular weight is 277 g/mol. The van der Waals surface area contributed by atoms with Crippen molar-refractivity contribution in [3.8, 4) is 5.75 Å². The van der Waals surface area contributed by atoms with E-state index >= 15 is 0 Å². The zero-order chi connectivity index (χ0) is 13.7. The van der Waals surface area contributed by atoms with Crippen molar-refractivity contribution < 1.29 is 13.2 Å². The van der Waals surface area contributed by atoms with Gasteiger partial charge in [0.25, 0.3) is 10.0 Å². The standard InChI is InChI=1S/C14H15NO3S/c1-2-18-14-11-7-6-10-13(14)15-19(16,17)12-8-4-3-5-9-12/h3-11,15H,2H2,1H3. The van der Waals surface area contributed by atoms with Crippen molar-refractivity contribution in [3.05, 3.63) is 54.6 Å². The van der Waals surface area contributed by atoms with Crippen molar-refractivity contribution in [2.24, 2.45) is 0 Å². The minimum atomic E-state index is -3.58. The fourth-order valence-electron chi connectivity index (χ4n) is 1.64. The Morgan fingerprint density at radius 2 is 1.63 bits per heavy atom. The summed E-state index contributed by atoms with van der Waals surface area (Å²) in [7, 11) is -3.58. The van der Waals surface area contributed by atoms with Gasteiger partial charge in [0.15, 0.2) is 0 Å². The monoisotopic (exact) mass is 277 g/mol. The van der Waals surface area contributed by atoms with Crippen LogP contribution >= 0.6 is 0 Å². The molecule has 19 heavy (non-hydrogen) atoms. The second-order valence-corrected chi connectivity index (χ2v) is 5.53. The maximum absolute atomic E-state index is 12.2. The smallest absolute Gasteiger partial charge is 0.262 e. The molecule has 0 heterocycles. The van der Waals surface area contributed by atoms with Gasteiger partial charge in [0.1, 0.15) is 5.75 Å². The van der Waals surface area contributed by atoms with Crippen molar-refractivity contribution in [1.29, 1.82) is 0 Å². The molecule has 2 rings (SSSR count). The van der Waals surface area contributed by atoms with Crippen LogP contribution in [0.2, 0.25) is 0 Å². The molecule has 2 aromatic carbocycles. The van der Waals surface area contributed by atoms with Crippen molar-refractivity contribution in [3.63, 3.8) is 0 Å².